The summed E-state index contributed by atoms with van der Waals surface area (Å²) >= 11 is 0. The molecule has 3 nitrogen and oxygen atoms in total. The zero-order chi connectivity index (χ0) is 15.2. The molecular weight excluding hydrogens is 269 g/mol. The van der Waals surface area contributed by atoms with E-state index >= 15 is 0 Å². The largest absolute Gasteiger partial charge is 0.384 e. The number of nitrogens with one attached hydrogen (secondary N) is 1. The lowest BCUT2D eigenvalue weighted by atomic mass is 10.1. The molecule has 0 fully saturated rings. The summed E-state index contributed by atoms with van der Waals surface area (Å²) in [6, 6.07) is 11.2. The van der Waals surface area contributed by atoms with E-state index in [0.29, 0.717) is 22.4 Å². The van der Waals surface area contributed by atoms with Crippen LogP contribution in [-0.2, 0) is 0 Å². The summed E-state index contributed by atoms with van der Waals surface area (Å²) in [6.45, 7) is 1.39. The van der Waals surface area contributed by atoms with Gasteiger partial charge in [0, 0.05) is 16.8 Å². The third kappa shape index (κ3) is 3.91. The van der Waals surface area contributed by atoms with Crippen molar-refractivity contribution in [3.8, 4) is 11.8 Å². The minimum Gasteiger partial charge on any atom is -0.384 e. The Hall–Kier alpha value is -2.64. The number of aliphatic hydroxyl groups excluding tert-OH is 1. The molecular formula is C17H14FNO2. The molecule has 2 aromatic rings. The molecule has 2 N–H and O–H groups in total. The number of carbonyl (C=O) groups is 1. The molecule has 0 bridgehead atoms. The molecule has 0 aliphatic carbocycles. The van der Waals surface area contributed by atoms with Crippen LogP contribution in [0.1, 0.15) is 21.5 Å². The van der Waals surface area contributed by atoms with Crippen LogP contribution in [0.4, 0.5) is 10.1 Å². The first-order chi connectivity index (χ1) is 10.1. The quantitative estimate of drug-likeness (QED) is 0.833. The first-order valence-electron chi connectivity index (χ1n) is 6.37. The molecule has 0 heterocycles. The number of hydrogen-bond donors (Lipinski definition) is 2. The first-order valence-corrected chi connectivity index (χ1v) is 6.37. The Balaban J connectivity index is 2.17. The second-order valence-electron chi connectivity index (χ2n) is 4.46. The SMILES string of the molecule is Cc1cc(C(=O)Nc2cccc(C#CCO)c2)ccc1F. The van der Waals surface area contributed by atoms with E-state index in [1.807, 2.05) is 0 Å². The highest BCUT2D eigenvalue weighted by molar-refractivity contribution is 6.04. The predicted molar refractivity (Wildman–Crippen MR) is 79.5 cm³/mol. The monoisotopic (exact) mass is 283 g/mol. The molecule has 0 aromatic heterocycles. The summed E-state index contributed by atoms with van der Waals surface area (Å²) in [5, 5.41) is 11.4. The third-order valence-corrected chi connectivity index (χ3v) is 2.85. The van der Waals surface area contributed by atoms with Crippen molar-refractivity contribution < 1.29 is 14.3 Å². The van der Waals surface area contributed by atoms with Crippen molar-refractivity contribution in [2.45, 2.75) is 6.92 Å². The lowest BCUT2D eigenvalue weighted by Crippen LogP contribution is -2.12. The van der Waals surface area contributed by atoms with Crippen molar-refractivity contribution >= 4 is 11.6 Å². The van der Waals surface area contributed by atoms with Gasteiger partial charge >= 0.3 is 0 Å². The Labute approximate surface area is 122 Å². The normalized spacial score (nSPS) is 9.67. The Kier molecular flexibility index (Phi) is 4.70. The minimum absolute atomic E-state index is 0.217. The molecule has 1 amide bonds. The molecule has 21 heavy (non-hydrogen) atoms. The highest BCUT2D eigenvalue weighted by Gasteiger charge is 2.08. The Bertz CT molecular complexity index is 729. The van der Waals surface area contributed by atoms with Crippen LogP contribution in [0.15, 0.2) is 42.5 Å². The van der Waals surface area contributed by atoms with Gasteiger partial charge in [0.25, 0.3) is 5.91 Å². The highest BCUT2D eigenvalue weighted by atomic mass is 19.1. The fourth-order valence-electron chi connectivity index (χ4n) is 1.81. The summed E-state index contributed by atoms with van der Waals surface area (Å²) in [5.41, 5.74) is 2.09. The van der Waals surface area contributed by atoms with Gasteiger partial charge in [-0.2, -0.15) is 0 Å². The molecule has 2 aromatic carbocycles. The topological polar surface area (TPSA) is 49.3 Å². The number of hydrogen-bond acceptors (Lipinski definition) is 2. The maximum absolute atomic E-state index is 13.2. The van der Waals surface area contributed by atoms with Gasteiger partial charge in [-0.3, -0.25) is 4.79 Å². The first kappa shape index (κ1) is 14.8. The molecule has 0 unspecified atom stereocenters. The van der Waals surface area contributed by atoms with Crippen molar-refractivity contribution in [2.24, 2.45) is 0 Å². The molecule has 0 spiro atoms. The van der Waals surface area contributed by atoms with Gasteiger partial charge in [0.2, 0.25) is 0 Å². The molecule has 4 heteroatoms. The smallest absolute Gasteiger partial charge is 0.255 e. The van der Waals surface area contributed by atoms with Gasteiger partial charge in [0.15, 0.2) is 0 Å². The van der Waals surface area contributed by atoms with E-state index in [9.17, 15) is 9.18 Å². The lowest BCUT2D eigenvalue weighted by Gasteiger charge is -2.06. The summed E-state index contributed by atoms with van der Waals surface area (Å²) in [5.74, 6) is 4.65. The number of amides is 1. The maximum Gasteiger partial charge on any atom is 0.255 e. The Morgan fingerprint density at radius 3 is 2.81 bits per heavy atom. The highest BCUT2D eigenvalue weighted by Crippen LogP contribution is 2.14. The predicted octanol–water partition coefficient (Wildman–Crippen LogP) is 2.73. The van der Waals surface area contributed by atoms with Gasteiger partial charge in [-0.15, -0.1) is 0 Å². The molecule has 2 rings (SSSR count). The van der Waals surface area contributed by atoms with Crippen LogP contribution in [-0.4, -0.2) is 17.6 Å². The van der Waals surface area contributed by atoms with Crippen molar-refractivity contribution in [3.63, 3.8) is 0 Å². The van der Waals surface area contributed by atoms with Crippen molar-refractivity contribution in [1.29, 1.82) is 0 Å². The fraction of sp³-hybridized carbons (Fsp3) is 0.118. The van der Waals surface area contributed by atoms with E-state index in [1.54, 1.807) is 31.2 Å². The van der Waals surface area contributed by atoms with Crippen LogP contribution >= 0.6 is 0 Å². The number of rotatable bonds is 2. The molecule has 0 aliphatic heterocycles. The molecule has 106 valence electrons. The lowest BCUT2D eigenvalue weighted by molar-refractivity contribution is 0.102. The van der Waals surface area contributed by atoms with Crippen LogP contribution in [0.25, 0.3) is 0 Å². The second-order valence-corrected chi connectivity index (χ2v) is 4.46. The van der Waals surface area contributed by atoms with E-state index < -0.39 is 0 Å². The average molecular weight is 283 g/mol. The van der Waals surface area contributed by atoms with Crippen molar-refractivity contribution in [2.75, 3.05) is 11.9 Å². The number of halogens is 1. The van der Waals surface area contributed by atoms with Crippen LogP contribution < -0.4 is 5.32 Å². The van der Waals surface area contributed by atoms with Gasteiger partial charge in [0.1, 0.15) is 12.4 Å². The van der Waals surface area contributed by atoms with E-state index in [-0.39, 0.29) is 18.3 Å². The van der Waals surface area contributed by atoms with Gasteiger partial charge < -0.3 is 10.4 Å². The third-order valence-electron chi connectivity index (χ3n) is 2.85. The number of anilines is 1. The van der Waals surface area contributed by atoms with Crippen LogP contribution in [0.2, 0.25) is 0 Å². The van der Waals surface area contributed by atoms with E-state index in [0.717, 1.165) is 0 Å². The van der Waals surface area contributed by atoms with Crippen LogP contribution in [0.3, 0.4) is 0 Å². The van der Waals surface area contributed by atoms with Gasteiger partial charge in [-0.05, 0) is 48.9 Å². The van der Waals surface area contributed by atoms with Crippen molar-refractivity contribution in [3.05, 3.63) is 65.0 Å². The van der Waals surface area contributed by atoms with E-state index in [1.165, 1.54) is 18.2 Å². The molecule has 0 atom stereocenters. The molecule has 0 aliphatic rings. The zero-order valence-corrected chi connectivity index (χ0v) is 11.5. The van der Waals surface area contributed by atoms with Gasteiger partial charge in [0.05, 0.1) is 0 Å². The standard InChI is InChI=1S/C17H14FNO2/c1-12-10-14(7-8-16(12)18)17(21)19-15-6-2-4-13(11-15)5-3-9-20/h2,4,6-8,10-11,20H,9H2,1H3,(H,19,21). The molecule has 0 saturated heterocycles. The molecule has 0 saturated carbocycles. The Morgan fingerprint density at radius 1 is 1.29 bits per heavy atom. The average Bonchev–Trinajstić information content (AvgIpc) is 2.48. The number of carbonyl (C=O) groups excluding carboxylic acids is 1. The van der Waals surface area contributed by atoms with E-state index in [2.05, 4.69) is 17.2 Å². The minimum atomic E-state index is -0.340. The molecule has 0 radical (unpaired) electrons. The van der Waals surface area contributed by atoms with Gasteiger partial charge in [-0.25, -0.2) is 4.39 Å². The van der Waals surface area contributed by atoms with Crippen LogP contribution in [0.5, 0.6) is 0 Å². The van der Waals surface area contributed by atoms with Gasteiger partial charge in [-0.1, -0.05) is 17.9 Å². The number of benzene rings is 2. The van der Waals surface area contributed by atoms with E-state index in [4.69, 9.17) is 5.11 Å². The maximum atomic E-state index is 13.2. The number of aryl methyl sites for hydroxylation is 1. The summed E-state index contributed by atoms with van der Waals surface area (Å²) in [7, 11) is 0. The number of aliphatic hydroxyl groups is 1. The second kappa shape index (κ2) is 6.69. The summed E-state index contributed by atoms with van der Waals surface area (Å²) in [6.07, 6.45) is 0. The summed E-state index contributed by atoms with van der Waals surface area (Å²) < 4.78 is 13.2. The Morgan fingerprint density at radius 2 is 2.10 bits per heavy atom. The van der Waals surface area contributed by atoms with Crippen molar-refractivity contribution in [1.82, 2.24) is 0 Å². The zero-order valence-electron chi connectivity index (χ0n) is 11.5. The fourth-order valence-corrected chi connectivity index (χ4v) is 1.81. The summed E-state index contributed by atoms with van der Waals surface area (Å²) in [4.78, 5) is 12.1. The van der Waals surface area contributed by atoms with Crippen LogP contribution in [0, 0.1) is 24.6 Å².